The summed E-state index contributed by atoms with van der Waals surface area (Å²) in [6.07, 6.45) is 3.53. The number of piperidine rings is 1. The first-order valence-electron chi connectivity index (χ1n) is 10.3. The van der Waals surface area contributed by atoms with Gasteiger partial charge in [0.1, 0.15) is 0 Å². The molecule has 3 aromatic carbocycles. The van der Waals surface area contributed by atoms with Crippen molar-refractivity contribution in [2.24, 2.45) is 0 Å². The van der Waals surface area contributed by atoms with E-state index in [0.29, 0.717) is 11.1 Å². The molecule has 0 spiro atoms. The highest BCUT2D eigenvalue weighted by molar-refractivity contribution is 9.10. The highest BCUT2D eigenvalue weighted by Crippen LogP contribution is 2.28. The topological polar surface area (TPSA) is 54.5 Å². The number of nitrogens with zero attached hydrogens (tertiary/aromatic N) is 1. The number of carbonyl (C=O) groups excluding carboxylic acids is 1. The molecule has 1 aliphatic rings. The predicted molar refractivity (Wildman–Crippen MR) is 139 cm³/mol. The van der Waals surface area contributed by atoms with E-state index in [1.165, 1.54) is 4.31 Å². The molecule has 1 fully saturated rings. The number of Topliss-reactive ketones (excluding diaryl/α,β-unsaturated/α-hetero) is 1. The Hall–Kier alpha value is -2.32. The van der Waals surface area contributed by atoms with Crippen molar-refractivity contribution in [1.29, 1.82) is 0 Å². The summed E-state index contributed by atoms with van der Waals surface area (Å²) < 4.78 is 30.1. The molecule has 0 aromatic heterocycles. The number of halogens is 2. The Labute approximate surface area is 210 Å². The molecule has 0 atom stereocenters. The van der Waals surface area contributed by atoms with E-state index in [1.807, 2.05) is 55.5 Å². The summed E-state index contributed by atoms with van der Waals surface area (Å²) in [4.78, 5) is 13.6. The maximum Gasteiger partial charge on any atom is 0.243 e. The second-order valence-corrected chi connectivity index (χ2v) is 11.6. The molecule has 0 saturated carbocycles. The fourth-order valence-corrected chi connectivity index (χ4v) is 5.48. The average Bonchev–Trinajstić information content (AvgIpc) is 2.79. The standard InChI is InChI=1S/C26H21Br2NO3S/c1-18-2-12-25(13-3-18)33(31,32)29-16-21(14-19-4-8-23(27)9-5-19)26(30)22(17-29)15-20-6-10-24(28)11-7-20/h2-15H,16-17H2,1H3/b21-14+,22-15+. The van der Waals surface area contributed by atoms with Crippen molar-refractivity contribution in [3.05, 3.63) is 110 Å². The normalized spacial score (nSPS) is 17.6. The second-order valence-electron chi connectivity index (χ2n) is 7.86. The van der Waals surface area contributed by atoms with Crippen LogP contribution in [0.1, 0.15) is 16.7 Å². The van der Waals surface area contributed by atoms with Gasteiger partial charge < -0.3 is 0 Å². The van der Waals surface area contributed by atoms with Crippen LogP contribution in [0.15, 0.2) is 97.8 Å². The second kappa shape index (κ2) is 9.89. The molecule has 4 rings (SSSR count). The van der Waals surface area contributed by atoms with Crippen LogP contribution in [0.3, 0.4) is 0 Å². The summed E-state index contributed by atoms with van der Waals surface area (Å²) >= 11 is 6.83. The van der Waals surface area contributed by atoms with Crippen molar-refractivity contribution < 1.29 is 13.2 Å². The average molecular weight is 587 g/mol. The number of carbonyl (C=O) groups is 1. The maximum absolute atomic E-state index is 13.4. The quantitative estimate of drug-likeness (QED) is 0.339. The van der Waals surface area contributed by atoms with E-state index in [-0.39, 0.29) is 23.8 Å². The van der Waals surface area contributed by atoms with Gasteiger partial charge in [-0.3, -0.25) is 4.79 Å². The first kappa shape index (κ1) is 23.8. The summed E-state index contributed by atoms with van der Waals surface area (Å²) in [5, 5.41) is 0. The molecule has 4 nitrogen and oxygen atoms in total. The van der Waals surface area contributed by atoms with Crippen molar-refractivity contribution in [1.82, 2.24) is 4.31 Å². The van der Waals surface area contributed by atoms with Gasteiger partial charge in [0.2, 0.25) is 10.0 Å². The van der Waals surface area contributed by atoms with Gasteiger partial charge in [-0.05, 0) is 66.6 Å². The zero-order chi connectivity index (χ0) is 23.6. The number of hydrogen-bond acceptors (Lipinski definition) is 3. The van der Waals surface area contributed by atoms with E-state index in [9.17, 15) is 13.2 Å². The molecule has 3 aromatic rings. The first-order chi connectivity index (χ1) is 15.7. The summed E-state index contributed by atoms with van der Waals surface area (Å²) in [7, 11) is -3.78. The molecule has 33 heavy (non-hydrogen) atoms. The highest BCUT2D eigenvalue weighted by atomic mass is 79.9. The van der Waals surface area contributed by atoms with E-state index in [4.69, 9.17) is 0 Å². The Morgan fingerprint density at radius 3 is 1.58 bits per heavy atom. The van der Waals surface area contributed by atoms with Crippen LogP contribution in [0.25, 0.3) is 12.2 Å². The molecule has 0 unspecified atom stereocenters. The lowest BCUT2D eigenvalue weighted by Gasteiger charge is -2.29. The summed E-state index contributed by atoms with van der Waals surface area (Å²) in [5.74, 6) is -0.142. The molecule has 0 amide bonds. The van der Waals surface area contributed by atoms with Gasteiger partial charge in [-0.2, -0.15) is 4.31 Å². The third-order valence-electron chi connectivity index (χ3n) is 5.36. The Bertz CT molecular complexity index is 1270. The Balaban J connectivity index is 1.77. The molecule has 1 aliphatic heterocycles. The lowest BCUT2D eigenvalue weighted by atomic mass is 9.95. The minimum absolute atomic E-state index is 0.0167. The van der Waals surface area contributed by atoms with Gasteiger partial charge in [0.15, 0.2) is 5.78 Å². The number of ketones is 1. The van der Waals surface area contributed by atoms with Gasteiger partial charge in [-0.15, -0.1) is 0 Å². The van der Waals surface area contributed by atoms with Crippen LogP contribution >= 0.6 is 31.9 Å². The monoisotopic (exact) mass is 585 g/mol. The van der Waals surface area contributed by atoms with Crippen LogP contribution in [0.4, 0.5) is 0 Å². The van der Waals surface area contributed by atoms with Gasteiger partial charge in [-0.25, -0.2) is 8.42 Å². The zero-order valence-corrected chi connectivity index (χ0v) is 21.8. The largest absolute Gasteiger partial charge is 0.289 e. The van der Waals surface area contributed by atoms with Gasteiger partial charge in [0, 0.05) is 33.2 Å². The van der Waals surface area contributed by atoms with Gasteiger partial charge in [0.05, 0.1) is 4.90 Å². The SMILES string of the molecule is Cc1ccc(S(=O)(=O)N2C/C(=C\c3ccc(Br)cc3)C(=O)/C(=C/c3ccc(Br)cc3)C2)cc1. The van der Waals surface area contributed by atoms with Crippen LogP contribution < -0.4 is 0 Å². The number of aryl methyl sites for hydroxylation is 1. The van der Waals surface area contributed by atoms with Crippen molar-refractivity contribution in [2.75, 3.05) is 13.1 Å². The lowest BCUT2D eigenvalue weighted by molar-refractivity contribution is -0.113. The summed E-state index contributed by atoms with van der Waals surface area (Å²) in [6, 6.07) is 21.9. The van der Waals surface area contributed by atoms with Crippen LogP contribution in [0.5, 0.6) is 0 Å². The number of rotatable bonds is 4. The smallest absolute Gasteiger partial charge is 0.243 e. The van der Waals surface area contributed by atoms with Crippen molar-refractivity contribution in [3.63, 3.8) is 0 Å². The van der Waals surface area contributed by atoms with E-state index < -0.39 is 10.0 Å². The summed E-state index contributed by atoms with van der Waals surface area (Å²) in [6.45, 7) is 1.94. The maximum atomic E-state index is 13.4. The zero-order valence-electron chi connectivity index (χ0n) is 17.8. The third-order valence-corrected chi connectivity index (χ3v) is 8.22. The van der Waals surface area contributed by atoms with Crippen LogP contribution in [-0.4, -0.2) is 31.6 Å². The van der Waals surface area contributed by atoms with E-state index in [1.54, 1.807) is 36.4 Å². The lowest BCUT2D eigenvalue weighted by Crippen LogP contribution is -2.41. The molecular formula is C26H21Br2NO3S. The van der Waals surface area contributed by atoms with E-state index in [2.05, 4.69) is 31.9 Å². The molecule has 0 N–H and O–H groups in total. The molecule has 168 valence electrons. The van der Waals surface area contributed by atoms with Crippen molar-refractivity contribution >= 4 is 59.8 Å². The highest BCUT2D eigenvalue weighted by Gasteiger charge is 2.34. The molecule has 0 bridgehead atoms. The molecule has 1 saturated heterocycles. The molecule has 1 heterocycles. The number of hydrogen-bond donors (Lipinski definition) is 0. The van der Waals surface area contributed by atoms with E-state index in [0.717, 1.165) is 25.6 Å². The van der Waals surface area contributed by atoms with Crippen molar-refractivity contribution in [3.8, 4) is 0 Å². The molecular weight excluding hydrogens is 566 g/mol. The first-order valence-corrected chi connectivity index (χ1v) is 13.3. The van der Waals surface area contributed by atoms with Gasteiger partial charge in [0.25, 0.3) is 0 Å². The fraction of sp³-hybridized carbons (Fsp3) is 0.115. The number of benzene rings is 3. The molecule has 7 heteroatoms. The minimum Gasteiger partial charge on any atom is -0.289 e. The van der Waals surface area contributed by atoms with Crippen molar-refractivity contribution in [2.45, 2.75) is 11.8 Å². The summed E-state index contributed by atoms with van der Waals surface area (Å²) in [5.41, 5.74) is 3.51. The Kier molecular flexibility index (Phi) is 7.14. The number of sulfonamides is 1. The van der Waals surface area contributed by atoms with E-state index >= 15 is 0 Å². The van der Waals surface area contributed by atoms with Crippen LogP contribution in [-0.2, 0) is 14.8 Å². The predicted octanol–water partition coefficient (Wildman–Crippen LogP) is 6.26. The Morgan fingerprint density at radius 1 is 0.727 bits per heavy atom. The molecule has 0 radical (unpaired) electrons. The third kappa shape index (κ3) is 5.61. The van der Waals surface area contributed by atoms with Gasteiger partial charge in [-0.1, -0.05) is 73.8 Å². The van der Waals surface area contributed by atoms with Crippen LogP contribution in [0, 0.1) is 6.92 Å². The van der Waals surface area contributed by atoms with Gasteiger partial charge >= 0.3 is 0 Å². The van der Waals surface area contributed by atoms with Crippen LogP contribution in [0.2, 0.25) is 0 Å². The molecule has 0 aliphatic carbocycles. The minimum atomic E-state index is -3.78. The fourth-order valence-electron chi connectivity index (χ4n) is 3.56. The Morgan fingerprint density at radius 2 is 1.15 bits per heavy atom.